The predicted octanol–water partition coefficient (Wildman–Crippen LogP) is 3.53. The molecule has 27 heavy (non-hydrogen) atoms. The minimum absolute atomic E-state index is 0.294. The Balaban J connectivity index is 1.85. The molecule has 0 saturated carbocycles. The Morgan fingerprint density at radius 1 is 1.00 bits per heavy atom. The Morgan fingerprint density at radius 3 is 2.37 bits per heavy atom. The van der Waals surface area contributed by atoms with Gasteiger partial charge in [-0.25, -0.2) is 0 Å². The van der Waals surface area contributed by atoms with Gasteiger partial charge in [-0.15, -0.1) is 11.3 Å². The summed E-state index contributed by atoms with van der Waals surface area (Å²) in [6.45, 7) is 7.78. The van der Waals surface area contributed by atoms with Gasteiger partial charge in [-0.05, 0) is 30.9 Å². The van der Waals surface area contributed by atoms with Crippen molar-refractivity contribution >= 4 is 11.3 Å². The van der Waals surface area contributed by atoms with E-state index in [1.807, 2.05) is 50.2 Å². The maximum atomic E-state index is 10.5. The predicted molar refractivity (Wildman–Crippen MR) is 109 cm³/mol. The van der Waals surface area contributed by atoms with Gasteiger partial charge in [0, 0.05) is 37.7 Å². The Kier molecular flexibility index (Phi) is 10.6. The number of aliphatic hydroxyl groups is 1. The van der Waals surface area contributed by atoms with E-state index >= 15 is 0 Å². The highest BCUT2D eigenvalue weighted by atomic mass is 32.1. The summed E-state index contributed by atoms with van der Waals surface area (Å²) in [5.74, 6) is 0. The van der Waals surface area contributed by atoms with Gasteiger partial charge in [-0.1, -0.05) is 36.4 Å². The van der Waals surface area contributed by atoms with E-state index in [0.717, 1.165) is 12.1 Å². The molecule has 0 radical (unpaired) electrons. The lowest BCUT2D eigenvalue weighted by Gasteiger charge is -2.28. The van der Waals surface area contributed by atoms with Crippen molar-refractivity contribution in [1.29, 1.82) is 0 Å². The summed E-state index contributed by atoms with van der Waals surface area (Å²) in [6, 6.07) is 14.1. The van der Waals surface area contributed by atoms with E-state index in [2.05, 4.69) is 16.3 Å². The molecule has 1 N–H and O–H groups in total. The third-order valence-electron chi connectivity index (χ3n) is 3.96. The second-order valence-corrected chi connectivity index (χ2v) is 7.30. The molecular formula is C21H31NO4S. The van der Waals surface area contributed by atoms with Crippen molar-refractivity contribution in [1.82, 2.24) is 4.90 Å². The van der Waals surface area contributed by atoms with Crippen molar-refractivity contribution in [2.75, 3.05) is 32.9 Å². The molecule has 5 nitrogen and oxygen atoms in total. The van der Waals surface area contributed by atoms with Crippen molar-refractivity contribution in [3.05, 3.63) is 58.3 Å². The molecule has 2 rings (SSSR count). The Hall–Kier alpha value is -1.28. The monoisotopic (exact) mass is 393 g/mol. The molecule has 1 heterocycles. The van der Waals surface area contributed by atoms with Gasteiger partial charge < -0.3 is 19.3 Å². The quantitative estimate of drug-likeness (QED) is 0.498. The van der Waals surface area contributed by atoms with Crippen LogP contribution in [0.15, 0.2) is 47.8 Å². The smallest absolute Gasteiger partial charge is 0.170 e. The van der Waals surface area contributed by atoms with E-state index in [1.54, 1.807) is 11.3 Å². The summed E-state index contributed by atoms with van der Waals surface area (Å²) >= 11 is 1.71. The van der Waals surface area contributed by atoms with Crippen LogP contribution in [0, 0.1) is 0 Å². The molecule has 1 aromatic carbocycles. The number of rotatable bonds is 14. The standard InChI is InChI=1S/C21H31NO4S/c1-3-25-21(26-4-2)15-22(14-20-11-8-12-27-20)13-19(23)17-24-16-18-9-6-5-7-10-18/h5-12,19,21,23H,3-4,13-17H2,1-2H3. The fourth-order valence-corrected chi connectivity index (χ4v) is 3.55. The van der Waals surface area contributed by atoms with Gasteiger partial charge in [0.2, 0.25) is 0 Å². The zero-order chi connectivity index (χ0) is 19.3. The molecule has 1 aromatic heterocycles. The van der Waals surface area contributed by atoms with E-state index in [0.29, 0.717) is 39.5 Å². The zero-order valence-electron chi connectivity index (χ0n) is 16.3. The van der Waals surface area contributed by atoms with Crippen LogP contribution in [0.3, 0.4) is 0 Å². The van der Waals surface area contributed by atoms with Crippen LogP contribution >= 0.6 is 11.3 Å². The molecule has 0 fully saturated rings. The molecule has 0 spiro atoms. The normalized spacial score (nSPS) is 12.8. The minimum Gasteiger partial charge on any atom is -0.389 e. The van der Waals surface area contributed by atoms with Gasteiger partial charge in [0.25, 0.3) is 0 Å². The first kappa shape index (κ1) is 22.0. The molecule has 6 heteroatoms. The highest BCUT2D eigenvalue weighted by Gasteiger charge is 2.18. The average molecular weight is 394 g/mol. The van der Waals surface area contributed by atoms with Gasteiger partial charge in [0.05, 0.1) is 19.3 Å². The lowest BCUT2D eigenvalue weighted by atomic mass is 10.2. The Labute approximate surface area is 166 Å². The van der Waals surface area contributed by atoms with Crippen LogP contribution in [0.2, 0.25) is 0 Å². The molecule has 0 bridgehead atoms. The average Bonchev–Trinajstić information content (AvgIpc) is 3.16. The third-order valence-corrected chi connectivity index (χ3v) is 4.82. The lowest BCUT2D eigenvalue weighted by molar-refractivity contribution is -0.150. The van der Waals surface area contributed by atoms with Crippen molar-refractivity contribution < 1.29 is 19.3 Å². The molecule has 2 aromatic rings. The first-order valence-electron chi connectivity index (χ1n) is 9.48. The number of hydrogen-bond acceptors (Lipinski definition) is 6. The number of hydrogen-bond donors (Lipinski definition) is 1. The molecule has 0 aliphatic carbocycles. The molecule has 0 aliphatic heterocycles. The van der Waals surface area contributed by atoms with Crippen LogP contribution in [0.5, 0.6) is 0 Å². The minimum atomic E-state index is -0.572. The van der Waals surface area contributed by atoms with Crippen LogP contribution in [-0.4, -0.2) is 55.3 Å². The first-order valence-corrected chi connectivity index (χ1v) is 10.4. The fraction of sp³-hybridized carbons (Fsp3) is 0.524. The highest BCUT2D eigenvalue weighted by Crippen LogP contribution is 2.14. The summed E-state index contributed by atoms with van der Waals surface area (Å²) in [5, 5.41) is 12.5. The van der Waals surface area contributed by atoms with Crippen molar-refractivity contribution in [2.24, 2.45) is 0 Å². The number of ether oxygens (including phenoxy) is 3. The SMILES string of the molecule is CCOC(CN(Cc1cccs1)CC(O)COCc1ccccc1)OCC. The molecule has 1 atom stereocenters. The van der Waals surface area contributed by atoms with Crippen molar-refractivity contribution in [3.63, 3.8) is 0 Å². The molecule has 0 aliphatic rings. The fourth-order valence-electron chi connectivity index (χ4n) is 2.80. The van der Waals surface area contributed by atoms with Crippen LogP contribution < -0.4 is 0 Å². The van der Waals surface area contributed by atoms with Crippen LogP contribution in [0.1, 0.15) is 24.3 Å². The Morgan fingerprint density at radius 2 is 1.74 bits per heavy atom. The molecule has 1 unspecified atom stereocenters. The highest BCUT2D eigenvalue weighted by molar-refractivity contribution is 7.09. The molecule has 0 saturated heterocycles. The second-order valence-electron chi connectivity index (χ2n) is 6.27. The Bertz CT molecular complexity index is 587. The second kappa shape index (κ2) is 13.0. The van der Waals surface area contributed by atoms with Gasteiger partial charge in [0.15, 0.2) is 6.29 Å². The largest absolute Gasteiger partial charge is 0.389 e. The first-order chi connectivity index (χ1) is 13.2. The van der Waals surface area contributed by atoms with Crippen LogP contribution in [0.4, 0.5) is 0 Å². The summed E-state index contributed by atoms with van der Waals surface area (Å²) in [5.41, 5.74) is 1.10. The molecule has 150 valence electrons. The van der Waals surface area contributed by atoms with Crippen molar-refractivity contribution in [2.45, 2.75) is 39.4 Å². The number of benzene rings is 1. The zero-order valence-corrected chi connectivity index (χ0v) is 17.1. The topological polar surface area (TPSA) is 51.2 Å². The van der Waals surface area contributed by atoms with E-state index < -0.39 is 6.10 Å². The van der Waals surface area contributed by atoms with Crippen LogP contribution in [0.25, 0.3) is 0 Å². The van der Waals surface area contributed by atoms with Gasteiger partial charge in [-0.2, -0.15) is 0 Å². The summed E-state index contributed by atoms with van der Waals surface area (Å²) in [4.78, 5) is 3.41. The van der Waals surface area contributed by atoms with Gasteiger partial charge >= 0.3 is 0 Å². The third kappa shape index (κ3) is 8.97. The van der Waals surface area contributed by atoms with Gasteiger partial charge in [-0.3, -0.25) is 4.90 Å². The van der Waals surface area contributed by atoms with Crippen LogP contribution in [-0.2, 0) is 27.4 Å². The van der Waals surface area contributed by atoms with E-state index in [9.17, 15) is 5.11 Å². The number of thiophene rings is 1. The van der Waals surface area contributed by atoms with E-state index in [-0.39, 0.29) is 6.29 Å². The van der Waals surface area contributed by atoms with Crippen molar-refractivity contribution in [3.8, 4) is 0 Å². The molecule has 0 amide bonds. The number of aliphatic hydroxyl groups excluding tert-OH is 1. The van der Waals surface area contributed by atoms with Gasteiger partial charge in [0.1, 0.15) is 0 Å². The molecular weight excluding hydrogens is 362 g/mol. The number of nitrogens with zero attached hydrogens (tertiary/aromatic N) is 1. The summed E-state index contributed by atoms with van der Waals surface area (Å²) in [6.07, 6.45) is -0.866. The summed E-state index contributed by atoms with van der Waals surface area (Å²) in [7, 11) is 0. The maximum Gasteiger partial charge on any atom is 0.170 e. The summed E-state index contributed by atoms with van der Waals surface area (Å²) < 4.78 is 17.0. The maximum absolute atomic E-state index is 10.5. The lowest BCUT2D eigenvalue weighted by Crippen LogP contribution is -2.40. The van der Waals surface area contributed by atoms with E-state index in [1.165, 1.54) is 4.88 Å². The van der Waals surface area contributed by atoms with E-state index in [4.69, 9.17) is 14.2 Å².